The van der Waals surface area contributed by atoms with E-state index < -0.39 is 0 Å². The molecule has 1 saturated heterocycles. The highest BCUT2D eigenvalue weighted by Gasteiger charge is 2.54. The molecular weight excluding hydrogens is 260 g/mol. The molecule has 2 aliphatic carbocycles. The number of carbonyl (C=O) groups excluding carboxylic acids is 1. The van der Waals surface area contributed by atoms with Gasteiger partial charge in [-0.1, -0.05) is 30.3 Å². The Morgan fingerprint density at radius 1 is 1.19 bits per heavy atom. The summed E-state index contributed by atoms with van der Waals surface area (Å²) < 4.78 is 0. The van der Waals surface area contributed by atoms with Crippen LogP contribution in [0.3, 0.4) is 0 Å². The third kappa shape index (κ3) is 2.28. The topological polar surface area (TPSA) is 46.3 Å². The molecule has 21 heavy (non-hydrogen) atoms. The van der Waals surface area contributed by atoms with Gasteiger partial charge in [0.15, 0.2) is 0 Å². The van der Waals surface area contributed by atoms with Crippen LogP contribution in [0.4, 0.5) is 0 Å². The summed E-state index contributed by atoms with van der Waals surface area (Å²) in [6, 6.07) is 10.8. The second-order valence-electron chi connectivity index (χ2n) is 7.32. The standard InChI is InChI=1S/C18H24N2O/c19-16-7-6-14-11-20(12-15(14)16)17(21)18(8-9-18)10-13-4-2-1-3-5-13/h1-5,14-16H,6-12,19H2. The molecule has 2 saturated carbocycles. The first-order valence-corrected chi connectivity index (χ1v) is 8.27. The van der Waals surface area contributed by atoms with Gasteiger partial charge >= 0.3 is 0 Å². The van der Waals surface area contributed by atoms with Gasteiger partial charge in [-0.25, -0.2) is 0 Å². The number of amides is 1. The Balaban J connectivity index is 1.46. The largest absolute Gasteiger partial charge is 0.342 e. The monoisotopic (exact) mass is 284 g/mol. The smallest absolute Gasteiger partial charge is 0.229 e. The number of carbonyl (C=O) groups is 1. The number of rotatable bonds is 3. The van der Waals surface area contributed by atoms with Gasteiger partial charge in [0.2, 0.25) is 5.91 Å². The Morgan fingerprint density at radius 3 is 2.62 bits per heavy atom. The molecule has 3 heteroatoms. The minimum absolute atomic E-state index is 0.0932. The molecule has 0 aromatic heterocycles. The molecule has 1 heterocycles. The highest BCUT2D eigenvalue weighted by atomic mass is 16.2. The van der Waals surface area contributed by atoms with Gasteiger partial charge in [-0.3, -0.25) is 4.79 Å². The summed E-state index contributed by atoms with van der Waals surface area (Å²) in [5.74, 6) is 1.62. The number of fused-ring (bicyclic) bond motifs is 1. The minimum atomic E-state index is -0.0932. The van der Waals surface area contributed by atoms with Gasteiger partial charge in [0.25, 0.3) is 0 Å². The van der Waals surface area contributed by atoms with Crippen LogP contribution in [-0.4, -0.2) is 29.9 Å². The van der Waals surface area contributed by atoms with Gasteiger partial charge in [0, 0.05) is 19.1 Å². The number of hydrogen-bond acceptors (Lipinski definition) is 2. The van der Waals surface area contributed by atoms with E-state index in [1.54, 1.807) is 0 Å². The second kappa shape index (κ2) is 4.84. The van der Waals surface area contributed by atoms with Gasteiger partial charge in [-0.2, -0.15) is 0 Å². The van der Waals surface area contributed by atoms with Crippen LogP contribution < -0.4 is 5.73 Å². The number of nitrogens with two attached hydrogens (primary N) is 1. The van der Waals surface area contributed by atoms with Gasteiger partial charge in [-0.15, -0.1) is 0 Å². The fraction of sp³-hybridized carbons (Fsp3) is 0.611. The van der Waals surface area contributed by atoms with Crippen molar-refractivity contribution in [1.29, 1.82) is 0 Å². The molecular formula is C18H24N2O. The van der Waals surface area contributed by atoms with Crippen LogP contribution in [0.15, 0.2) is 30.3 Å². The molecule has 1 aliphatic heterocycles. The van der Waals surface area contributed by atoms with Crippen molar-refractivity contribution in [2.75, 3.05) is 13.1 Å². The predicted octanol–water partition coefficient (Wildman–Crippen LogP) is 2.20. The van der Waals surface area contributed by atoms with E-state index in [9.17, 15) is 4.79 Å². The molecule has 112 valence electrons. The molecule has 4 rings (SSSR count). The van der Waals surface area contributed by atoms with Crippen LogP contribution in [0, 0.1) is 17.3 Å². The van der Waals surface area contributed by atoms with Crippen molar-refractivity contribution in [3.8, 4) is 0 Å². The van der Waals surface area contributed by atoms with E-state index in [1.165, 1.54) is 12.0 Å². The summed E-state index contributed by atoms with van der Waals surface area (Å²) in [5.41, 5.74) is 7.39. The zero-order valence-corrected chi connectivity index (χ0v) is 12.5. The third-order valence-corrected chi connectivity index (χ3v) is 5.89. The maximum absolute atomic E-state index is 13.0. The van der Waals surface area contributed by atoms with Gasteiger partial charge in [0.1, 0.15) is 0 Å². The normalized spacial score (nSPS) is 33.0. The van der Waals surface area contributed by atoms with Crippen molar-refractivity contribution in [2.24, 2.45) is 23.0 Å². The van der Waals surface area contributed by atoms with Gasteiger partial charge < -0.3 is 10.6 Å². The minimum Gasteiger partial charge on any atom is -0.342 e. The lowest BCUT2D eigenvalue weighted by Gasteiger charge is -2.24. The van der Waals surface area contributed by atoms with Crippen LogP contribution in [0.1, 0.15) is 31.2 Å². The first-order chi connectivity index (χ1) is 10.2. The van der Waals surface area contributed by atoms with Crippen molar-refractivity contribution in [3.63, 3.8) is 0 Å². The Hall–Kier alpha value is -1.35. The maximum Gasteiger partial charge on any atom is 0.229 e. The Kier molecular flexibility index (Phi) is 3.07. The molecule has 2 N–H and O–H groups in total. The summed E-state index contributed by atoms with van der Waals surface area (Å²) in [6.45, 7) is 1.86. The average Bonchev–Trinajstić information content (AvgIpc) is 3.02. The van der Waals surface area contributed by atoms with Gasteiger partial charge in [-0.05, 0) is 49.5 Å². The highest BCUT2D eigenvalue weighted by Crippen LogP contribution is 2.51. The van der Waals surface area contributed by atoms with E-state index in [4.69, 9.17) is 5.73 Å². The molecule has 1 aromatic carbocycles. The van der Waals surface area contributed by atoms with E-state index in [2.05, 4.69) is 29.2 Å². The fourth-order valence-corrected chi connectivity index (χ4v) is 4.41. The van der Waals surface area contributed by atoms with E-state index in [0.29, 0.717) is 23.8 Å². The lowest BCUT2D eigenvalue weighted by molar-refractivity contribution is -0.136. The molecule has 0 bridgehead atoms. The summed E-state index contributed by atoms with van der Waals surface area (Å²) in [5, 5.41) is 0. The van der Waals surface area contributed by atoms with Crippen molar-refractivity contribution in [3.05, 3.63) is 35.9 Å². The number of benzene rings is 1. The van der Waals surface area contributed by atoms with Crippen LogP contribution in [-0.2, 0) is 11.2 Å². The number of likely N-dealkylation sites (tertiary alicyclic amines) is 1. The summed E-state index contributed by atoms with van der Waals surface area (Å²) in [6.07, 6.45) is 5.37. The maximum atomic E-state index is 13.0. The number of nitrogens with zero attached hydrogens (tertiary/aromatic N) is 1. The van der Waals surface area contributed by atoms with E-state index in [1.807, 2.05) is 6.07 Å². The third-order valence-electron chi connectivity index (χ3n) is 5.89. The lowest BCUT2D eigenvalue weighted by Crippen LogP contribution is -2.38. The Labute approximate surface area is 126 Å². The van der Waals surface area contributed by atoms with Crippen molar-refractivity contribution in [2.45, 2.75) is 38.1 Å². The van der Waals surface area contributed by atoms with E-state index in [-0.39, 0.29) is 5.41 Å². The van der Waals surface area contributed by atoms with E-state index >= 15 is 0 Å². The van der Waals surface area contributed by atoms with Crippen molar-refractivity contribution in [1.82, 2.24) is 4.90 Å². The molecule has 0 spiro atoms. The summed E-state index contributed by atoms with van der Waals surface area (Å²) in [7, 11) is 0. The van der Waals surface area contributed by atoms with Crippen molar-refractivity contribution >= 4 is 5.91 Å². The molecule has 3 nitrogen and oxygen atoms in total. The molecule has 3 atom stereocenters. The first-order valence-electron chi connectivity index (χ1n) is 8.27. The Bertz CT molecular complexity index is 537. The predicted molar refractivity (Wildman–Crippen MR) is 82.6 cm³/mol. The Morgan fingerprint density at radius 2 is 1.95 bits per heavy atom. The van der Waals surface area contributed by atoms with Crippen LogP contribution >= 0.6 is 0 Å². The van der Waals surface area contributed by atoms with Crippen molar-refractivity contribution < 1.29 is 4.79 Å². The molecule has 3 unspecified atom stereocenters. The lowest BCUT2D eigenvalue weighted by atomic mass is 9.95. The quantitative estimate of drug-likeness (QED) is 0.925. The zero-order valence-electron chi connectivity index (χ0n) is 12.5. The molecule has 3 aliphatic rings. The molecule has 1 aromatic rings. The SMILES string of the molecule is NC1CCC2CN(C(=O)C3(Cc4ccccc4)CC3)CC12. The zero-order chi connectivity index (χ0) is 14.4. The highest BCUT2D eigenvalue weighted by molar-refractivity contribution is 5.86. The van der Waals surface area contributed by atoms with E-state index in [0.717, 1.165) is 38.8 Å². The average molecular weight is 284 g/mol. The number of hydrogen-bond donors (Lipinski definition) is 1. The van der Waals surface area contributed by atoms with Gasteiger partial charge in [0.05, 0.1) is 5.41 Å². The molecule has 0 radical (unpaired) electrons. The summed E-state index contributed by atoms with van der Waals surface area (Å²) in [4.78, 5) is 15.1. The van der Waals surface area contributed by atoms with Crippen LogP contribution in [0.25, 0.3) is 0 Å². The fourth-order valence-electron chi connectivity index (χ4n) is 4.41. The molecule has 3 fully saturated rings. The second-order valence-corrected chi connectivity index (χ2v) is 7.32. The summed E-state index contributed by atoms with van der Waals surface area (Å²) >= 11 is 0. The van der Waals surface area contributed by atoms with Crippen LogP contribution in [0.2, 0.25) is 0 Å². The van der Waals surface area contributed by atoms with Crippen LogP contribution in [0.5, 0.6) is 0 Å². The first kappa shape index (κ1) is 13.3. The molecule has 1 amide bonds.